The van der Waals surface area contributed by atoms with Crippen LogP contribution >= 0.6 is 23.2 Å². The molecule has 0 atom stereocenters. The summed E-state index contributed by atoms with van der Waals surface area (Å²) < 4.78 is 5.33. The van der Waals surface area contributed by atoms with Crippen molar-refractivity contribution in [2.45, 2.75) is 19.8 Å². The van der Waals surface area contributed by atoms with Crippen molar-refractivity contribution in [3.05, 3.63) is 63.6 Å². The molecule has 0 saturated heterocycles. The van der Waals surface area contributed by atoms with Crippen LogP contribution in [-0.2, 0) is 4.79 Å². The Bertz CT molecular complexity index is 869. The summed E-state index contributed by atoms with van der Waals surface area (Å²) in [5.74, 6) is 0.0115. The van der Waals surface area contributed by atoms with Crippen molar-refractivity contribution in [3.63, 3.8) is 0 Å². The lowest BCUT2D eigenvalue weighted by atomic mass is 10.1. The molecule has 0 aromatic heterocycles. The van der Waals surface area contributed by atoms with Crippen LogP contribution in [0.5, 0.6) is 5.75 Å². The van der Waals surface area contributed by atoms with Gasteiger partial charge in [0.25, 0.3) is 5.91 Å². The van der Waals surface area contributed by atoms with Crippen LogP contribution in [-0.4, -0.2) is 37.3 Å². The van der Waals surface area contributed by atoms with Crippen molar-refractivity contribution in [3.8, 4) is 5.75 Å². The first-order chi connectivity index (χ1) is 13.9. The van der Waals surface area contributed by atoms with Crippen LogP contribution in [0.2, 0.25) is 10.0 Å². The fraction of sp³-hybridized carbons (Fsp3) is 0.286. The van der Waals surface area contributed by atoms with Crippen LogP contribution in [0, 0.1) is 0 Å². The van der Waals surface area contributed by atoms with Gasteiger partial charge < -0.3 is 15.4 Å². The molecule has 0 saturated carbocycles. The predicted octanol–water partition coefficient (Wildman–Crippen LogP) is 3.90. The van der Waals surface area contributed by atoms with E-state index < -0.39 is 0 Å². The molecule has 2 rings (SSSR count). The minimum atomic E-state index is -0.316. The molecule has 2 aromatic rings. The van der Waals surface area contributed by atoms with Crippen molar-refractivity contribution < 1.29 is 19.1 Å². The van der Waals surface area contributed by atoms with Crippen LogP contribution < -0.4 is 15.4 Å². The van der Waals surface area contributed by atoms with Crippen LogP contribution in [0.1, 0.15) is 40.5 Å². The van der Waals surface area contributed by atoms with Gasteiger partial charge in [-0.1, -0.05) is 23.2 Å². The number of Topliss-reactive ketones (excluding diaryl/α,β-unsaturated/α-hetero) is 1. The van der Waals surface area contributed by atoms with Crippen molar-refractivity contribution in [1.29, 1.82) is 0 Å². The first-order valence-electron chi connectivity index (χ1n) is 9.16. The van der Waals surface area contributed by atoms with Crippen LogP contribution in [0.25, 0.3) is 0 Å². The van der Waals surface area contributed by atoms with Gasteiger partial charge in [0.05, 0.1) is 16.7 Å². The maximum absolute atomic E-state index is 12.1. The molecule has 2 amide bonds. The van der Waals surface area contributed by atoms with E-state index in [1.54, 1.807) is 36.4 Å². The van der Waals surface area contributed by atoms with E-state index in [2.05, 4.69) is 10.6 Å². The maximum atomic E-state index is 12.1. The minimum Gasteiger partial charge on any atom is -0.494 e. The number of amides is 2. The Labute approximate surface area is 179 Å². The first kappa shape index (κ1) is 22.7. The molecule has 2 aromatic carbocycles. The van der Waals surface area contributed by atoms with Crippen molar-refractivity contribution in [2.75, 3.05) is 19.7 Å². The van der Waals surface area contributed by atoms with E-state index in [9.17, 15) is 14.4 Å². The first-order valence-corrected chi connectivity index (χ1v) is 9.92. The van der Waals surface area contributed by atoms with E-state index in [0.29, 0.717) is 33.5 Å². The summed E-state index contributed by atoms with van der Waals surface area (Å²) in [7, 11) is 0. The number of hydrogen-bond acceptors (Lipinski definition) is 4. The number of rotatable bonds is 10. The molecule has 0 radical (unpaired) electrons. The fourth-order valence-electron chi connectivity index (χ4n) is 2.48. The van der Waals surface area contributed by atoms with E-state index in [1.807, 2.05) is 6.92 Å². The molecule has 0 heterocycles. The molecule has 2 N–H and O–H groups in total. The smallest absolute Gasteiger partial charge is 0.251 e. The summed E-state index contributed by atoms with van der Waals surface area (Å²) in [6, 6.07) is 11.4. The molecule has 0 aliphatic carbocycles. The standard InChI is InChI=1S/C21H22Cl2N2O4/c1-2-29-16-6-3-14(4-7-16)19(26)9-10-20(27)24-11-12-25-21(28)15-5-8-17(22)18(23)13-15/h3-8,13H,2,9-12H2,1H3,(H,24,27)(H,25,28). The maximum Gasteiger partial charge on any atom is 0.251 e. The van der Waals surface area contributed by atoms with Crippen molar-refractivity contribution in [1.82, 2.24) is 10.6 Å². The van der Waals surface area contributed by atoms with Gasteiger partial charge in [-0.05, 0) is 49.4 Å². The molecule has 154 valence electrons. The Balaban J connectivity index is 1.67. The zero-order valence-electron chi connectivity index (χ0n) is 16.0. The predicted molar refractivity (Wildman–Crippen MR) is 113 cm³/mol. The number of ketones is 1. The molecule has 0 aliphatic rings. The largest absolute Gasteiger partial charge is 0.494 e. The molecule has 0 fully saturated rings. The fourth-order valence-corrected chi connectivity index (χ4v) is 2.78. The van der Waals surface area contributed by atoms with Gasteiger partial charge in [0.15, 0.2) is 5.78 Å². The number of carbonyl (C=O) groups is 3. The van der Waals surface area contributed by atoms with E-state index >= 15 is 0 Å². The molecule has 0 unspecified atom stereocenters. The Hall–Kier alpha value is -2.57. The van der Waals surface area contributed by atoms with Gasteiger partial charge in [0, 0.05) is 37.1 Å². The normalized spacial score (nSPS) is 10.3. The third-order valence-corrected chi connectivity index (χ3v) is 4.72. The summed E-state index contributed by atoms with van der Waals surface area (Å²) in [4.78, 5) is 36.0. The zero-order chi connectivity index (χ0) is 21.2. The Morgan fingerprint density at radius 2 is 1.52 bits per heavy atom. The highest BCUT2D eigenvalue weighted by Crippen LogP contribution is 2.22. The Morgan fingerprint density at radius 1 is 0.862 bits per heavy atom. The zero-order valence-corrected chi connectivity index (χ0v) is 17.5. The minimum absolute atomic E-state index is 0.0762. The summed E-state index contributed by atoms with van der Waals surface area (Å²) in [5.41, 5.74) is 0.918. The average Bonchev–Trinajstić information content (AvgIpc) is 2.72. The third-order valence-electron chi connectivity index (χ3n) is 3.98. The number of halogens is 2. The van der Waals surface area contributed by atoms with Gasteiger partial charge >= 0.3 is 0 Å². The van der Waals surface area contributed by atoms with Gasteiger partial charge in [-0.15, -0.1) is 0 Å². The molecule has 8 heteroatoms. The average molecular weight is 437 g/mol. The number of hydrogen-bond donors (Lipinski definition) is 2. The SMILES string of the molecule is CCOc1ccc(C(=O)CCC(=O)NCCNC(=O)c2ccc(Cl)c(Cl)c2)cc1. The molecule has 29 heavy (non-hydrogen) atoms. The van der Waals surface area contributed by atoms with E-state index in [0.717, 1.165) is 0 Å². The number of carbonyl (C=O) groups excluding carboxylic acids is 3. The third kappa shape index (κ3) is 7.40. The van der Waals surface area contributed by atoms with E-state index in [4.69, 9.17) is 27.9 Å². The van der Waals surface area contributed by atoms with Crippen molar-refractivity contribution >= 4 is 40.8 Å². The summed E-state index contributed by atoms with van der Waals surface area (Å²) in [5, 5.41) is 6.01. The van der Waals surface area contributed by atoms with Gasteiger partial charge in [0.1, 0.15) is 5.75 Å². The van der Waals surface area contributed by atoms with Crippen LogP contribution in [0.4, 0.5) is 0 Å². The molecular formula is C21H22Cl2N2O4. The van der Waals surface area contributed by atoms with E-state index in [1.165, 1.54) is 6.07 Å². The van der Waals surface area contributed by atoms with Gasteiger partial charge in [-0.25, -0.2) is 0 Å². The highest BCUT2D eigenvalue weighted by Gasteiger charge is 2.10. The van der Waals surface area contributed by atoms with Crippen LogP contribution in [0.15, 0.2) is 42.5 Å². The molecule has 6 nitrogen and oxygen atoms in total. The van der Waals surface area contributed by atoms with E-state index in [-0.39, 0.29) is 43.5 Å². The Morgan fingerprint density at radius 3 is 2.17 bits per heavy atom. The second kappa shape index (κ2) is 11.4. The number of nitrogens with one attached hydrogen (secondary N) is 2. The lowest BCUT2D eigenvalue weighted by Gasteiger charge is -2.08. The number of ether oxygens (including phenoxy) is 1. The summed E-state index contributed by atoms with van der Waals surface area (Å²) >= 11 is 11.7. The highest BCUT2D eigenvalue weighted by molar-refractivity contribution is 6.42. The van der Waals surface area contributed by atoms with Gasteiger partial charge in [0.2, 0.25) is 5.91 Å². The topological polar surface area (TPSA) is 84.5 Å². The molecular weight excluding hydrogens is 415 g/mol. The van der Waals surface area contributed by atoms with Crippen molar-refractivity contribution in [2.24, 2.45) is 0 Å². The lowest BCUT2D eigenvalue weighted by Crippen LogP contribution is -2.34. The Kier molecular flexibility index (Phi) is 8.96. The lowest BCUT2D eigenvalue weighted by molar-refractivity contribution is -0.121. The highest BCUT2D eigenvalue weighted by atomic mass is 35.5. The second-order valence-corrected chi connectivity index (χ2v) is 6.93. The molecule has 0 spiro atoms. The quantitative estimate of drug-likeness (QED) is 0.436. The molecule has 0 bridgehead atoms. The monoisotopic (exact) mass is 436 g/mol. The second-order valence-electron chi connectivity index (χ2n) is 6.12. The summed E-state index contributed by atoms with van der Waals surface area (Å²) in [6.45, 7) is 2.94. The van der Waals surface area contributed by atoms with Gasteiger partial charge in [-0.3, -0.25) is 14.4 Å². The summed E-state index contributed by atoms with van der Waals surface area (Å²) in [6.07, 6.45) is 0.183. The van der Waals surface area contributed by atoms with Crippen LogP contribution in [0.3, 0.4) is 0 Å². The molecule has 0 aliphatic heterocycles. The van der Waals surface area contributed by atoms with Gasteiger partial charge in [-0.2, -0.15) is 0 Å². The number of benzene rings is 2.